The van der Waals surface area contributed by atoms with Gasteiger partial charge in [-0.15, -0.1) is 0 Å². The van der Waals surface area contributed by atoms with Gasteiger partial charge in [-0.3, -0.25) is 0 Å². The smallest absolute Gasteiger partial charge is 0.387 e. The summed E-state index contributed by atoms with van der Waals surface area (Å²) in [5, 5.41) is 3.77. The zero-order valence-corrected chi connectivity index (χ0v) is 15.1. The molecule has 27 heavy (non-hydrogen) atoms. The van der Waals surface area contributed by atoms with Crippen LogP contribution in [-0.2, 0) is 0 Å². The van der Waals surface area contributed by atoms with Gasteiger partial charge in [-0.25, -0.2) is 9.37 Å². The molecule has 0 saturated heterocycles. The van der Waals surface area contributed by atoms with Gasteiger partial charge in [0.15, 0.2) is 0 Å². The Labute approximate surface area is 159 Å². The minimum atomic E-state index is -2.97. The molecule has 2 heterocycles. The average Bonchev–Trinajstić information content (AvgIpc) is 3.14. The lowest BCUT2D eigenvalue weighted by atomic mass is 10.0. The Balaban J connectivity index is 1.93. The van der Waals surface area contributed by atoms with Gasteiger partial charge in [-0.1, -0.05) is 23.3 Å². The molecule has 0 radical (unpaired) electrons. The van der Waals surface area contributed by atoms with Gasteiger partial charge in [0.25, 0.3) is 0 Å². The third kappa shape index (κ3) is 3.00. The number of benzene rings is 2. The number of aromatic nitrogens is 2. The normalized spacial score (nSPS) is 18.6. The van der Waals surface area contributed by atoms with Crippen molar-refractivity contribution in [2.24, 2.45) is 5.11 Å². The van der Waals surface area contributed by atoms with Crippen LogP contribution in [0.1, 0.15) is 29.9 Å². The highest BCUT2D eigenvalue weighted by atomic mass is 79.9. The van der Waals surface area contributed by atoms with Gasteiger partial charge in [0, 0.05) is 16.5 Å². The van der Waals surface area contributed by atoms with Crippen LogP contribution in [0.3, 0.4) is 0 Å². The van der Waals surface area contributed by atoms with Gasteiger partial charge in [0.1, 0.15) is 17.4 Å². The zero-order chi connectivity index (χ0) is 19.1. The fourth-order valence-corrected chi connectivity index (χ4v) is 3.81. The quantitative estimate of drug-likeness (QED) is 0.290. The maximum Gasteiger partial charge on any atom is 0.387 e. The molecule has 1 aliphatic rings. The lowest BCUT2D eigenvalue weighted by molar-refractivity contribution is -0.0506. The monoisotopic (exact) mass is 437 g/mol. The van der Waals surface area contributed by atoms with E-state index < -0.39 is 24.5 Å². The number of halogens is 4. The van der Waals surface area contributed by atoms with Crippen LogP contribution in [0.4, 0.5) is 13.2 Å². The number of alkyl halides is 2. The van der Waals surface area contributed by atoms with Gasteiger partial charge < -0.3 is 9.30 Å². The number of imidazole rings is 1. The molecule has 0 fully saturated rings. The molecule has 0 saturated carbocycles. The Morgan fingerprint density at radius 2 is 2.11 bits per heavy atom. The number of azide groups is 1. The predicted octanol–water partition coefficient (Wildman–Crippen LogP) is 5.88. The average molecular weight is 438 g/mol. The summed E-state index contributed by atoms with van der Waals surface area (Å²) in [5.74, 6) is 0.0165. The van der Waals surface area contributed by atoms with Crippen molar-refractivity contribution in [3.8, 4) is 5.75 Å². The zero-order valence-electron chi connectivity index (χ0n) is 13.6. The Bertz CT molecular complexity index is 1080. The van der Waals surface area contributed by atoms with Crippen molar-refractivity contribution in [3.05, 3.63) is 68.5 Å². The standard InChI is InChI=1S/C17H11BrF3N5O/c18-9-5-14-11(6-10(9)19)23-16-12(24-25-22)7-13(26(14)16)8-3-1-2-4-15(8)27-17(20)21/h1-6,12-13,17H,7H2/t12-,13-/m1/s1. The van der Waals surface area contributed by atoms with Crippen LogP contribution >= 0.6 is 15.9 Å². The molecule has 0 bridgehead atoms. The van der Waals surface area contributed by atoms with Crippen molar-refractivity contribution in [3.63, 3.8) is 0 Å². The van der Waals surface area contributed by atoms with Gasteiger partial charge in [0.05, 0.1) is 27.6 Å². The molecule has 0 unspecified atom stereocenters. The number of nitrogens with zero attached hydrogens (tertiary/aromatic N) is 5. The van der Waals surface area contributed by atoms with Crippen molar-refractivity contribution in [1.82, 2.24) is 9.55 Å². The Morgan fingerprint density at radius 3 is 2.85 bits per heavy atom. The third-order valence-electron chi connectivity index (χ3n) is 4.50. The van der Waals surface area contributed by atoms with E-state index in [1.165, 1.54) is 12.1 Å². The Hall–Kier alpha value is -2.71. The molecule has 0 aliphatic carbocycles. The number of hydrogen-bond acceptors (Lipinski definition) is 3. The van der Waals surface area contributed by atoms with Crippen LogP contribution < -0.4 is 4.74 Å². The summed E-state index contributed by atoms with van der Waals surface area (Å²) in [6, 6.07) is 8.23. The van der Waals surface area contributed by atoms with E-state index >= 15 is 0 Å². The molecule has 1 aromatic heterocycles. The van der Waals surface area contributed by atoms with E-state index in [1.807, 2.05) is 0 Å². The highest BCUT2D eigenvalue weighted by Crippen LogP contribution is 2.46. The summed E-state index contributed by atoms with van der Waals surface area (Å²) in [6.45, 7) is -2.97. The van der Waals surface area contributed by atoms with E-state index in [0.29, 0.717) is 28.8 Å². The van der Waals surface area contributed by atoms with E-state index in [2.05, 4.69) is 35.7 Å². The molecule has 2 atom stereocenters. The second-order valence-electron chi connectivity index (χ2n) is 5.98. The molecule has 4 rings (SSSR count). The van der Waals surface area contributed by atoms with E-state index in [0.717, 1.165) is 0 Å². The fourth-order valence-electron chi connectivity index (χ4n) is 3.48. The molecule has 138 valence electrons. The molecule has 0 amide bonds. The molecule has 10 heteroatoms. The highest BCUT2D eigenvalue weighted by Gasteiger charge is 2.36. The topological polar surface area (TPSA) is 75.8 Å². The first-order valence-electron chi connectivity index (χ1n) is 7.94. The first kappa shape index (κ1) is 17.7. The number of hydrogen-bond donors (Lipinski definition) is 0. The summed E-state index contributed by atoms with van der Waals surface area (Å²) >= 11 is 3.16. The largest absolute Gasteiger partial charge is 0.434 e. The fraction of sp³-hybridized carbons (Fsp3) is 0.235. The lowest BCUT2D eigenvalue weighted by Crippen LogP contribution is -2.10. The first-order valence-corrected chi connectivity index (χ1v) is 8.73. The maximum atomic E-state index is 13.9. The number of fused-ring (bicyclic) bond motifs is 3. The minimum Gasteiger partial charge on any atom is -0.434 e. The molecule has 2 aromatic carbocycles. The van der Waals surface area contributed by atoms with Crippen molar-refractivity contribution in [1.29, 1.82) is 0 Å². The number of para-hydroxylation sites is 1. The van der Waals surface area contributed by atoms with Crippen molar-refractivity contribution < 1.29 is 17.9 Å². The first-order chi connectivity index (χ1) is 13.0. The predicted molar refractivity (Wildman–Crippen MR) is 95.1 cm³/mol. The van der Waals surface area contributed by atoms with Crippen LogP contribution in [0.2, 0.25) is 0 Å². The molecule has 3 aromatic rings. The maximum absolute atomic E-state index is 13.9. The van der Waals surface area contributed by atoms with E-state index in [-0.39, 0.29) is 10.2 Å². The second-order valence-corrected chi connectivity index (χ2v) is 6.84. The van der Waals surface area contributed by atoms with E-state index in [4.69, 9.17) is 5.53 Å². The highest BCUT2D eigenvalue weighted by molar-refractivity contribution is 9.10. The molecule has 6 nitrogen and oxygen atoms in total. The summed E-state index contributed by atoms with van der Waals surface area (Å²) in [6.07, 6.45) is 0.334. The van der Waals surface area contributed by atoms with Crippen molar-refractivity contribution in [2.75, 3.05) is 0 Å². The number of ether oxygens (including phenoxy) is 1. The minimum absolute atomic E-state index is 0.0352. The van der Waals surface area contributed by atoms with Gasteiger partial charge in [-0.05, 0) is 40.0 Å². The van der Waals surface area contributed by atoms with Crippen LogP contribution in [0.25, 0.3) is 21.5 Å². The summed E-state index contributed by atoms with van der Waals surface area (Å²) in [7, 11) is 0. The SMILES string of the molecule is [N-]=[N+]=N[C@@H]1C[C@H](c2ccccc2OC(F)F)n2c1nc1cc(F)c(Br)cc12. The van der Waals surface area contributed by atoms with Crippen LogP contribution in [0.5, 0.6) is 5.75 Å². The summed E-state index contributed by atoms with van der Waals surface area (Å²) in [5.41, 5.74) is 10.4. The molecule has 0 spiro atoms. The van der Waals surface area contributed by atoms with Crippen LogP contribution in [0, 0.1) is 5.82 Å². The Morgan fingerprint density at radius 1 is 1.33 bits per heavy atom. The molecular weight excluding hydrogens is 427 g/mol. The second kappa shape index (κ2) is 6.79. The van der Waals surface area contributed by atoms with Crippen molar-refractivity contribution >= 4 is 27.0 Å². The van der Waals surface area contributed by atoms with Gasteiger partial charge >= 0.3 is 6.61 Å². The summed E-state index contributed by atoms with van der Waals surface area (Å²) in [4.78, 5) is 7.27. The van der Waals surface area contributed by atoms with E-state index in [9.17, 15) is 13.2 Å². The summed E-state index contributed by atoms with van der Waals surface area (Å²) < 4.78 is 46.2. The molecular formula is C17H11BrF3N5O. The van der Waals surface area contributed by atoms with E-state index in [1.54, 1.807) is 28.8 Å². The van der Waals surface area contributed by atoms with Gasteiger partial charge in [0.2, 0.25) is 0 Å². The van der Waals surface area contributed by atoms with Crippen LogP contribution in [0.15, 0.2) is 46.0 Å². The Kier molecular flexibility index (Phi) is 4.45. The van der Waals surface area contributed by atoms with Crippen molar-refractivity contribution in [2.45, 2.75) is 25.1 Å². The van der Waals surface area contributed by atoms with Crippen LogP contribution in [-0.4, -0.2) is 16.2 Å². The third-order valence-corrected chi connectivity index (χ3v) is 5.11. The molecule has 1 aliphatic heterocycles. The number of rotatable bonds is 4. The lowest BCUT2D eigenvalue weighted by Gasteiger charge is -2.19. The van der Waals surface area contributed by atoms with Gasteiger partial charge in [-0.2, -0.15) is 8.78 Å². The molecule has 0 N–H and O–H groups in total.